The number of carboxylic acids is 1. The van der Waals surface area contributed by atoms with Crippen LogP contribution in [0.1, 0.15) is 18.9 Å². The summed E-state index contributed by atoms with van der Waals surface area (Å²) in [6.07, 6.45) is 0.428. The molecule has 6 nitrogen and oxygen atoms in total. The Morgan fingerprint density at radius 1 is 1.25 bits per heavy atom. The fourth-order valence-corrected chi connectivity index (χ4v) is 1.76. The number of methoxy groups -OCH3 is 2. The molecule has 0 bridgehead atoms. The molecule has 0 aliphatic heterocycles. The molecule has 1 atom stereocenters. The lowest BCUT2D eigenvalue weighted by Crippen LogP contribution is -2.40. The maximum atomic E-state index is 11.8. The minimum Gasteiger partial charge on any atom is -0.493 e. The number of carbonyl (C=O) groups excluding carboxylic acids is 1. The van der Waals surface area contributed by atoms with Crippen molar-refractivity contribution >= 4 is 11.9 Å². The molecule has 1 aromatic carbocycles. The summed E-state index contributed by atoms with van der Waals surface area (Å²) >= 11 is 0. The standard InChI is InChI=1S/C14H19NO5/c1-4-10(14(17)18)15-13(16)8-9-5-6-11(19-2)12(7-9)20-3/h5-7,10H,4,8H2,1-3H3,(H,15,16)(H,17,18). The highest BCUT2D eigenvalue weighted by Gasteiger charge is 2.17. The first-order valence-corrected chi connectivity index (χ1v) is 6.24. The molecule has 2 N–H and O–H groups in total. The van der Waals surface area contributed by atoms with E-state index < -0.39 is 12.0 Å². The van der Waals surface area contributed by atoms with Crippen LogP contribution in [0.4, 0.5) is 0 Å². The maximum absolute atomic E-state index is 11.8. The number of hydrogen-bond acceptors (Lipinski definition) is 4. The Kier molecular flexibility index (Phi) is 5.83. The predicted octanol–water partition coefficient (Wildman–Crippen LogP) is 1.23. The van der Waals surface area contributed by atoms with Gasteiger partial charge in [0.05, 0.1) is 20.6 Å². The zero-order valence-electron chi connectivity index (χ0n) is 11.8. The molecule has 0 radical (unpaired) electrons. The van der Waals surface area contributed by atoms with Crippen LogP contribution in [-0.2, 0) is 16.0 Å². The zero-order valence-corrected chi connectivity index (χ0v) is 11.8. The summed E-state index contributed by atoms with van der Waals surface area (Å²) in [4.78, 5) is 22.6. The molecular weight excluding hydrogens is 262 g/mol. The first-order chi connectivity index (χ1) is 9.51. The molecule has 0 aliphatic rings. The van der Waals surface area contributed by atoms with E-state index in [2.05, 4.69) is 5.32 Å². The largest absolute Gasteiger partial charge is 0.493 e. The van der Waals surface area contributed by atoms with Gasteiger partial charge in [0, 0.05) is 0 Å². The van der Waals surface area contributed by atoms with Crippen molar-refractivity contribution in [3.05, 3.63) is 23.8 Å². The van der Waals surface area contributed by atoms with Crippen molar-refractivity contribution in [2.24, 2.45) is 0 Å². The van der Waals surface area contributed by atoms with Crippen molar-refractivity contribution in [1.82, 2.24) is 5.32 Å². The second kappa shape index (κ2) is 7.37. The molecule has 20 heavy (non-hydrogen) atoms. The van der Waals surface area contributed by atoms with Gasteiger partial charge in [0.25, 0.3) is 0 Å². The highest BCUT2D eigenvalue weighted by Crippen LogP contribution is 2.27. The van der Waals surface area contributed by atoms with E-state index in [9.17, 15) is 9.59 Å². The first-order valence-electron chi connectivity index (χ1n) is 6.24. The van der Waals surface area contributed by atoms with Crippen LogP contribution in [0.25, 0.3) is 0 Å². The van der Waals surface area contributed by atoms with E-state index in [1.165, 1.54) is 14.2 Å². The lowest BCUT2D eigenvalue weighted by atomic mass is 10.1. The second-order valence-corrected chi connectivity index (χ2v) is 4.23. The summed E-state index contributed by atoms with van der Waals surface area (Å²) in [7, 11) is 3.04. The highest BCUT2D eigenvalue weighted by atomic mass is 16.5. The van der Waals surface area contributed by atoms with Crippen LogP contribution in [-0.4, -0.2) is 37.2 Å². The topological polar surface area (TPSA) is 84.9 Å². The third-order valence-corrected chi connectivity index (χ3v) is 2.85. The minimum absolute atomic E-state index is 0.0874. The summed E-state index contributed by atoms with van der Waals surface area (Å²) in [6, 6.07) is 4.28. The van der Waals surface area contributed by atoms with Crippen molar-refractivity contribution in [3.8, 4) is 11.5 Å². The smallest absolute Gasteiger partial charge is 0.326 e. The molecule has 110 valence electrons. The fourth-order valence-electron chi connectivity index (χ4n) is 1.76. The van der Waals surface area contributed by atoms with Crippen LogP contribution in [0.5, 0.6) is 11.5 Å². The van der Waals surface area contributed by atoms with Crippen LogP contribution >= 0.6 is 0 Å². The van der Waals surface area contributed by atoms with Crippen molar-refractivity contribution in [3.63, 3.8) is 0 Å². The van der Waals surface area contributed by atoms with Gasteiger partial charge in [-0.25, -0.2) is 4.79 Å². The van der Waals surface area contributed by atoms with Gasteiger partial charge in [0.1, 0.15) is 6.04 Å². The number of amides is 1. The Hall–Kier alpha value is -2.24. The van der Waals surface area contributed by atoms with E-state index in [-0.39, 0.29) is 12.3 Å². The number of carboxylic acid groups (broad SMARTS) is 1. The predicted molar refractivity (Wildman–Crippen MR) is 73.1 cm³/mol. The van der Waals surface area contributed by atoms with Crippen molar-refractivity contribution in [1.29, 1.82) is 0 Å². The number of rotatable bonds is 7. The molecule has 0 heterocycles. The Morgan fingerprint density at radius 3 is 2.40 bits per heavy atom. The van der Waals surface area contributed by atoms with E-state index in [1.54, 1.807) is 25.1 Å². The summed E-state index contributed by atoms with van der Waals surface area (Å²) in [6.45, 7) is 1.70. The van der Waals surface area contributed by atoms with Gasteiger partial charge in [0.15, 0.2) is 11.5 Å². The molecule has 0 saturated heterocycles. The molecule has 0 spiro atoms. The monoisotopic (exact) mass is 281 g/mol. The normalized spacial score (nSPS) is 11.6. The van der Waals surface area contributed by atoms with E-state index >= 15 is 0 Å². The van der Waals surface area contributed by atoms with Gasteiger partial charge in [-0.05, 0) is 24.1 Å². The van der Waals surface area contributed by atoms with Gasteiger partial charge in [-0.1, -0.05) is 13.0 Å². The average molecular weight is 281 g/mol. The molecule has 0 aliphatic carbocycles. The maximum Gasteiger partial charge on any atom is 0.326 e. The third-order valence-electron chi connectivity index (χ3n) is 2.85. The molecule has 0 aromatic heterocycles. The van der Waals surface area contributed by atoms with Gasteiger partial charge in [-0.15, -0.1) is 0 Å². The van der Waals surface area contributed by atoms with E-state index in [0.717, 1.165) is 5.56 Å². The van der Waals surface area contributed by atoms with Gasteiger partial charge in [-0.3, -0.25) is 4.79 Å². The molecule has 1 unspecified atom stereocenters. The molecule has 6 heteroatoms. The zero-order chi connectivity index (χ0) is 15.1. The molecule has 1 rings (SSSR count). The quantitative estimate of drug-likeness (QED) is 0.785. The number of nitrogens with one attached hydrogen (secondary N) is 1. The van der Waals surface area contributed by atoms with E-state index in [1.807, 2.05) is 0 Å². The number of benzene rings is 1. The summed E-state index contributed by atoms with van der Waals surface area (Å²) < 4.78 is 10.3. The fraction of sp³-hybridized carbons (Fsp3) is 0.429. The summed E-state index contributed by atoms with van der Waals surface area (Å²) in [5.74, 6) is -0.267. The second-order valence-electron chi connectivity index (χ2n) is 4.23. The summed E-state index contributed by atoms with van der Waals surface area (Å²) in [5.41, 5.74) is 0.723. The van der Waals surface area contributed by atoms with Gasteiger partial charge >= 0.3 is 5.97 Å². The number of hydrogen-bond donors (Lipinski definition) is 2. The Bertz CT molecular complexity index is 486. The SMILES string of the molecule is CCC(NC(=O)Cc1ccc(OC)c(OC)c1)C(=O)O. The highest BCUT2D eigenvalue weighted by molar-refractivity contribution is 5.84. The first kappa shape index (κ1) is 15.8. The van der Waals surface area contributed by atoms with Crippen LogP contribution in [0.3, 0.4) is 0 Å². The lowest BCUT2D eigenvalue weighted by molar-refractivity contribution is -0.141. The molecular formula is C14H19NO5. The molecule has 0 saturated carbocycles. The Morgan fingerprint density at radius 2 is 1.90 bits per heavy atom. The minimum atomic E-state index is -1.03. The van der Waals surface area contributed by atoms with E-state index in [4.69, 9.17) is 14.6 Å². The van der Waals surface area contributed by atoms with Gasteiger partial charge in [0.2, 0.25) is 5.91 Å². The molecule has 0 fully saturated rings. The van der Waals surface area contributed by atoms with Gasteiger partial charge < -0.3 is 19.9 Å². The number of carbonyl (C=O) groups is 2. The van der Waals surface area contributed by atoms with Crippen LogP contribution in [0.15, 0.2) is 18.2 Å². The van der Waals surface area contributed by atoms with Crippen LogP contribution in [0.2, 0.25) is 0 Å². The lowest BCUT2D eigenvalue weighted by Gasteiger charge is -2.13. The van der Waals surface area contributed by atoms with Crippen molar-refractivity contribution in [2.45, 2.75) is 25.8 Å². The summed E-state index contributed by atoms with van der Waals surface area (Å²) in [5, 5.41) is 11.4. The molecule has 1 amide bonds. The number of aliphatic carboxylic acids is 1. The average Bonchev–Trinajstić information content (AvgIpc) is 2.44. The van der Waals surface area contributed by atoms with Crippen molar-refractivity contribution < 1.29 is 24.2 Å². The number of ether oxygens (including phenoxy) is 2. The van der Waals surface area contributed by atoms with E-state index in [0.29, 0.717) is 17.9 Å². The third kappa shape index (κ3) is 4.15. The van der Waals surface area contributed by atoms with Gasteiger partial charge in [-0.2, -0.15) is 0 Å². The molecule has 1 aromatic rings. The Balaban J connectivity index is 2.73. The van der Waals surface area contributed by atoms with Crippen molar-refractivity contribution in [2.75, 3.05) is 14.2 Å². The van der Waals surface area contributed by atoms with Crippen LogP contribution in [0, 0.1) is 0 Å². The Labute approximate surface area is 117 Å². The van der Waals surface area contributed by atoms with Crippen LogP contribution < -0.4 is 14.8 Å².